The van der Waals surface area contributed by atoms with Gasteiger partial charge in [-0.3, -0.25) is 0 Å². The molecule has 0 radical (unpaired) electrons. The summed E-state index contributed by atoms with van der Waals surface area (Å²) >= 11 is 6.01. The molecule has 16 heavy (non-hydrogen) atoms. The van der Waals surface area contributed by atoms with E-state index in [1.807, 2.05) is 37.3 Å². The Morgan fingerprint density at radius 2 is 1.81 bits per heavy atom. The fourth-order valence-corrected chi connectivity index (χ4v) is 1.61. The van der Waals surface area contributed by atoms with E-state index in [-0.39, 0.29) is 0 Å². The van der Waals surface area contributed by atoms with Crippen LogP contribution >= 0.6 is 11.6 Å². The third-order valence-electron chi connectivity index (χ3n) is 2.26. The van der Waals surface area contributed by atoms with Crippen molar-refractivity contribution in [3.63, 3.8) is 0 Å². The number of nitrogens with two attached hydrogens (primary N) is 1. The van der Waals surface area contributed by atoms with E-state index >= 15 is 0 Å². The van der Waals surface area contributed by atoms with Crippen LogP contribution in [0.4, 0.5) is 5.69 Å². The van der Waals surface area contributed by atoms with E-state index in [9.17, 15) is 0 Å². The van der Waals surface area contributed by atoms with Gasteiger partial charge in [0.1, 0.15) is 11.5 Å². The van der Waals surface area contributed by atoms with Gasteiger partial charge in [-0.2, -0.15) is 0 Å². The number of rotatable bonds is 2. The molecule has 2 nitrogen and oxygen atoms in total. The Morgan fingerprint density at radius 1 is 1.06 bits per heavy atom. The maximum Gasteiger partial charge on any atom is 0.146 e. The minimum atomic E-state index is 0.596. The molecule has 0 spiro atoms. The Labute approximate surface area is 99.6 Å². The van der Waals surface area contributed by atoms with Crippen LogP contribution in [-0.2, 0) is 0 Å². The van der Waals surface area contributed by atoms with E-state index in [0.29, 0.717) is 10.8 Å². The normalized spacial score (nSPS) is 10.1. The zero-order valence-electron chi connectivity index (χ0n) is 8.91. The van der Waals surface area contributed by atoms with Crippen LogP contribution in [0.5, 0.6) is 11.5 Å². The van der Waals surface area contributed by atoms with Gasteiger partial charge < -0.3 is 10.5 Å². The summed E-state index contributed by atoms with van der Waals surface area (Å²) in [5.41, 5.74) is 7.38. The highest BCUT2D eigenvalue weighted by atomic mass is 35.5. The quantitative estimate of drug-likeness (QED) is 0.795. The molecule has 0 heterocycles. The molecular weight excluding hydrogens is 222 g/mol. The summed E-state index contributed by atoms with van der Waals surface area (Å²) in [7, 11) is 0. The van der Waals surface area contributed by atoms with Crippen LogP contribution in [0.25, 0.3) is 0 Å². The second-order valence-electron chi connectivity index (χ2n) is 3.56. The minimum Gasteiger partial charge on any atom is -0.456 e. The Hall–Kier alpha value is -1.67. The van der Waals surface area contributed by atoms with E-state index in [1.54, 1.807) is 12.1 Å². The first-order chi connectivity index (χ1) is 7.66. The van der Waals surface area contributed by atoms with E-state index in [1.165, 1.54) is 0 Å². The molecule has 0 atom stereocenters. The molecule has 0 saturated carbocycles. The van der Waals surface area contributed by atoms with E-state index in [4.69, 9.17) is 22.1 Å². The van der Waals surface area contributed by atoms with Crippen molar-refractivity contribution in [1.82, 2.24) is 0 Å². The zero-order chi connectivity index (χ0) is 11.5. The van der Waals surface area contributed by atoms with Crippen molar-refractivity contribution in [2.45, 2.75) is 6.92 Å². The number of hydrogen-bond acceptors (Lipinski definition) is 2. The molecule has 2 rings (SSSR count). The monoisotopic (exact) mass is 233 g/mol. The summed E-state index contributed by atoms with van der Waals surface area (Å²) in [5.74, 6) is 1.42. The summed E-state index contributed by atoms with van der Waals surface area (Å²) < 4.78 is 5.71. The molecule has 0 fully saturated rings. The molecule has 0 bridgehead atoms. The predicted molar refractivity (Wildman–Crippen MR) is 67.1 cm³/mol. The molecule has 2 aromatic rings. The molecule has 0 aliphatic carbocycles. The SMILES string of the molecule is Cc1cc(N)ccc1Oc1ccccc1Cl. The van der Waals surface area contributed by atoms with Gasteiger partial charge in [0.25, 0.3) is 0 Å². The van der Waals surface area contributed by atoms with Crippen LogP contribution in [0.15, 0.2) is 42.5 Å². The van der Waals surface area contributed by atoms with Crippen LogP contribution in [-0.4, -0.2) is 0 Å². The fraction of sp³-hybridized carbons (Fsp3) is 0.0769. The van der Waals surface area contributed by atoms with E-state index in [0.717, 1.165) is 17.0 Å². The third kappa shape index (κ3) is 2.28. The van der Waals surface area contributed by atoms with Gasteiger partial charge in [0, 0.05) is 5.69 Å². The van der Waals surface area contributed by atoms with Crippen molar-refractivity contribution in [3.8, 4) is 11.5 Å². The molecule has 0 unspecified atom stereocenters. The first-order valence-electron chi connectivity index (χ1n) is 4.95. The van der Waals surface area contributed by atoms with Gasteiger partial charge >= 0.3 is 0 Å². The predicted octanol–water partition coefficient (Wildman–Crippen LogP) is 4.02. The topological polar surface area (TPSA) is 35.2 Å². The van der Waals surface area contributed by atoms with Gasteiger partial charge in [-0.15, -0.1) is 0 Å². The van der Waals surface area contributed by atoms with Crippen molar-refractivity contribution in [1.29, 1.82) is 0 Å². The molecule has 0 aliphatic rings. The largest absolute Gasteiger partial charge is 0.456 e. The third-order valence-corrected chi connectivity index (χ3v) is 2.57. The maximum absolute atomic E-state index is 6.01. The summed E-state index contributed by atoms with van der Waals surface area (Å²) in [6, 6.07) is 12.9. The standard InChI is InChI=1S/C13H12ClNO/c1-9-8-10(15)6-7-12(9)16-13-5-3-2-4-11(13)14/h2-8H,15H2,1H3. The Balaban J connectivity index is 2.31. The molecule has 0 aliphatic heterocycles. The smallest absolute Gasteiger partial charge is 0.146 e. The lowest BCUT2D eigenvalue weighted by Crippen LogP contribution is -1.90. The first-order valence-corrected chi connectivity index (χ1v) is 5.33. The van der Waals surface area contributed by atoms with Crippen LogP contribution in [0.3, 0.4) is 0 Å². The Kier molecular flexibility index (Phi) is 3.02. The first kappa shape index (κ1) is 10.8. The molecule has 0 saturated heterocycles. The molecule has 0 amide bonds. The lowest BCUT2D eigenvalue weighted by atomic mass is 10.2. The van der Waals surface area contributed by atoms with Gasteiger partial charge in [-0.25, -0.2) is 0 Å². The molecule has 3 heteroatoms. The van der Waals surface area contributed by atoms with E-state index < -0.39 is 0 Å². The number of halogens is 1. The zero-order valence-corrected chi connectivity index (χ0v) is 9.66. The highest BCUT2D eigenvalue weighted by Gasteiger charge is 2.04. The Bertz CT molecular complexity index is 511. The van der Waals surface area contributed by atoms with Crippen molar-refractivity contribution in [3.05, 3.63) is 53.1 Å². The maximum atomic E-state index is 6.01. The van der Waals surface area contributed by atoms with Crippen molar-refractivity contribution >= 4 is 17.3 Å². The molecular formula is C13H12ClNO. The van der Waals surface area contributed by atoms with E-state index in [2.05, 4.69) is 0 Å². The number of anilines is 1. The van der Waals surface area contributed by atoms with Crippen LogP contribution in [0, 0.1) is 6.92 Å². The van der Waals surface area contributed by atoms with Crippen molar-refractivity contribution in [2.24, 2.45) is 0 Å². The summed E-state index contributed by atoms with van der Waals surface area (Å²) in [6.45, 7) is 1.95. The molecule has 2 N–H and O–H groups in total. The number of aryl methyl sites for hydroxylation is 1. The molecule has 82 valence electrons. The summed E-state index contributed by atoms with van der Waals surface area (Å²) in [5, 5.41) is 0.596. The fourth-order valence-electron chi connectivity index (χ4n) is 1.43. The van der Waals surface area contributed by atoms with Crippen molar-refractivity contribution in [2.75, 3.05) is 5.73 Å². The lowest BCUT2D eigenvalue weighted by molar-refractivity contribution is 0.479. The highest BCUT2D eigenvalue weighted by molar-refractivity contribution is 6.32. The van der Waals surface area contributed by atoms with Gasteiger partial charge in [0.05, 0.1) is 5.02 Å². The van der Waals surface area contributed by atoms with Crippen LogP contribution in [0.2, 0.25) is 5.02 Å². The van der Waals surface area contributed by atoms with Gasteiger partial charge in [0.15, 0.2) is 0 Å². The lowest BCUT2D eigenvalue weighted by Gasteiger charge is -2.10. The van der Waals surface area contributed by atoms with Gasteiger partial charge in [-0.05, 0) is 42.8 Å². The average molecular weight is 234 g/mol. The summed E-state index contributed by atoms with van der Waals surface area (Å²) in [4.78, 5) is 0. The van der Waals surface area contributed by atoms with Crippen LogP contribution in [0.1, 0.15) is 5.56 Å². The number of para-hydroxylation sites is 1. The van der Waals surface area contributed by atoms with Crippen molar-refractivity contribution < 1.29 is 4.74 Å². The van der Waals surface area contributed by atoms with Crippen LogP contribution < -0.4 is 10.5 Å². The second kappa shape index (κ2) is 4.45. The van der Waals surface area contributed by atoms with Gasteiger partial charge in [-0.1, -0.05) is 23.7 Å². The number of nitrogen functional groups attached to an aromatic ring is 1. The minimum absolute atomic E-state index is 0.596. The number of ether oxygens (including phenoxy) is 1. The number of hydrogen-bond donors (Lipinski definition) is 1. The summed E-state index contributed by atoms with van der Waals surface area (Å²) in [6.07, 6.45) is 0. The second-order valence-corrected chi connectivity index (χ2v) is 3.96. The average Bonchev–Trinajstić information content (AvgIpc) is 2.25. The highest BCUT2D eigenvalue weighted by Crippen LogP contribution is 2.31. The molecule has 2 aromatic carbocycles. The molecule has 0 aromatic heterocycles. The number of benzene rings is 2. The Morgan fingerprint density at radius 3 is 2.50 bits per heavy atom. The van der Waals surface area contributed by atoms with Gasteiger partial charge in [0.2, 0.25) is 0 Å².